The van der Waals surface area contributed by atoms with E-state index >= 15 is 0 Å². The third kappa shape index (κ3) is 1.50. The Hall–Kier alpha value is -1.72. The van der Waals surface area contributed by atoms with Crippen molar-refractivity contribution in [2.24, 2.45) is 10.9 Å². The summed E-state index contributed by atoms with van der Waals surface area (Å²) in [6, 6.07) is 5.01. The fraction of sp³-hybridized carbons (Fsp3) is 0.357. The van der Waals surface area contributed by atoms with E-state index < -0.39 is 0 Å². The molecule has 0 radical (unpaired) electrons. The van der Waals surface area contributed by atoms with E-state index in [1.807, 2.05) is 0 Å². The Kier molecular flexibility index (Phi) is 2.49. The third-order valence-corrected chi connectivity index (χ3v) is 4.32. The summed E-state index contributed by atoms with van der Waals surface area (Å²) >= 11 is 5.94. The predicted molar refractivity (Wildman–Crippen MR) is 75.2 cm³/mol. The Bertz CT molecular complexity index is 670. The second-order valence-corrected chi connectivity index (χ2v) is 5.70. The first-order valence-corrected chi connectivity index (χ1v) is 7.04. The van der Waals surface area contributed by atoms with E-state index in [4.69, 9.17) is 11.6 Å². The number of amidine groups is 1. The normalized spacial score (nSPS) is 27.9. The number of carbonyl (C=O) groups excluding carboxylic acids is 2. The molecule has 1 aromatic rings. The van der Waals surface area contributed by atoms with Crippen LogP contribution >= 0.6 is 11.6 Å². The number of carbonyl (C=O) groups is 2. The molecule has 0 bridgehead atoms. The van der Waals surface area contributed by atoms with Crippen LogP contribution in [0.25, 0.3) is 0 Å². The van der Waals surface area contributed by atoms with Gasteiger partial charge in [-0.25, -0.2) is 4.99 Å². The molecule has 1 fully saturated rings. The molecular formula is C14H12ClN3O2. The fourth-order valence-corrected chi connectivity index (χ4v) is 3.30. The molecule has 0 aliphatic carbocycles. The van der Waals surface area contributed by atoms with Crippen LogP contribution in [0.2, 0.25) is 5.02 Å². The zero-order valence-electron chi connectivity index (χ0n) is 10.6. The van der Waals surface area contributed by atoms with E-state index in [-0.39, 0.29) is 29.6 Å². The summed E-state index contributed by atoms with van der Waals surface area (Å²) in [6.45, 7) is 0.832. The number of Topliss-reactive ketones (excluding diaryl/α,β-unsaturated/α-hetero) is 1. The standard InChI is InChI=1S/C14H12ClN3O2/c15-7-3-4-10-9(6-7)11(19)13-17-12-8(2-1-5-16-12)14(20)18(10)13/h3-4,6,8,12,16H,1-2,5H2. The highest BCUT2D eigenvalue weighted by molar-refractivity contribution is 6.59. The van der Waals surface area contributed by atoms with Gasteiger partial charge in [0.05, 0.1) is 17.2 Å². The van der Waals surface area contributed by atoms with E-state index in [1.165, 1.54) is 4.90 Å². The van der Waals surface area contributed by atoms with Gasteiger partial charge in [0.25, 0.3) is 0 Å². The van der Waals surface area contributed by atoms with Gasteiger partial charge in [-0.3, -0.25) is 19.8 Å². The predicted octanol–water partition coefficient (Wildman–Crippen LogP) is 1.61. The van der Waals surface area contributed by atoms with Crippen molar-refractivity contribution in [2.75, 3.05) is 11.4 Å². The van der Waals surface area contributed by atoms with Crippen LogP contribution in [0.3, 0.4) is 0 Å². The highest BCUT2D eigenvalue weighted by Gasteiger charge is 2.47. The number of anilines is 1. The summed E-state index contributed by atoms with van der Waals surface area (Å²) in [6.07, 6.45) is 1.49. The van der Waals surface area contributed by atoms with Crippen LogP contribution < -0.4 is 10.2 Å². The Morgan fingerprint density at radius 1 is 1.35 bits per heavy atom. The number of aliphatic imine (C=N–C) groups is 1. The number of ketones is 1. The van der Waals surface area contributed by atoms with Crippen molar-refractivity contribution in [1.82, 2.24) is 5.32 Å². The number of nitrogens with one attached hydrogen (secondary N) is 1. The zero-order chi connectivity index (χ0) is 13.9. The molecule has 20 heavy (non-hydrogen) atoms. The Morgan fingerprint density at radius 2 is 2.20 bits per heavy atom. The van der Waals surface area contributed by atoms with E-state index in [2.05, 4.69) is 10.3 Å². The Balaban J connectivity index is 1.88. The van der Waals surface area contributed by atoms with Gasteiger partial charge in [-0.2, -0.15) is 0 Å². The molecule has 1 N–H and O–H groups in total. The summed E-state index contributed by atoms with van der Waals surface area (Å²) in [5.74, 6) is -0.215. The topological polar surface area (TPSA) is 61.8 Å². The number of benzene rings is 1. The molecule has 3 heterocycles. The van der Waals surface area contributed by atoms with Crippen LogP contribution in [0.4, 0.5) is 5.69 Å². The summed E-state index contributed by atoms with van der Waals surface area (Å²) in [5.41, 5.74) is 1.07. The highest BCUT2D eigenvalue weighted by Crippen LogP contribution is 2.37. The molecular weight excluding hydrogens is 278 g/mol. The largest absolute Gasteiger partial charge is 0.295 e. The second-order valence-electron chi connectivity index (χ2n) is 5.26. The van der Waals surface area contributed by atoms with Crippen LogP contribution in [0.1, 0.15) is 23.2 Å². The molecule has 0 saturated carbocycles. The van der Waals surface area contributed by atoms with Gasteiger partial charge in [-0.15, -0.1) is 0 Å². The Labute approximate surface area is 120 Å². The number of hydrogen-bond acceptors (Lipinski definition) is 4. The number of halogens is 1. The van der Waals surface area contributed by atoms with Crippen LogP contribution in [0.15, 0.2) is 23.2 Å². The molecule has 1 amide bonds. The maximum atomic E-state index is 12.7. The van der Waals surface area contributed by atoms with Crippen molar-refractivity contribution in [1.29, 1.82) is 0 Å². The minimum atomic E-state index is -0.267. The SMILES string of the molecule is O=C1C2=NC3NCCCC3C(=O)N2c2ccc(Cl)cc21. The van der Waals surface area contributed by atoms with Crippen molar-refractivity contribution in [2.45, 2.75) is 19.0 Å². The smallest absolute Gasteiger partial charge is 0.239 e. The first-order chi connectivity index (χ1) is 9.66. The van der Waals surface area contributed by atoms with E-state index in [9.17, 15) is 9.59 Å². The molecule has 3 aliphatic heterocycles. The van der Waals surface area contributed by atoms with Gasteiger partial charge in [0.1, 0.15) is 6.17 Å². The lowest BCUT2D eigenvalue weighted by molar-refractivity contribution is -0.123. The minimum absolute atomic E-state index is 0.0402. The summed E-state index contributed by atoms with van der Waals surface area (Å²) in [4.78, 5) is 31.0. The zero-order valence-corrected chi connectivity index (χ0v) is 11.4. The van der Waals surface area contributed by atoms with Gasteiger partial charge < -0.3 is 0 Å². The average Bonchev–Trinajstić information content (AvgIpc) is 2.73. The van der Waals surface area contributed by atoms with Gasteiger partial charge in [0, 0.05) is 5.02 Å². The number of nitrogens with zero attached hydrogens (tertiary/aromatic N) is 2. The third-order valence-electron chi connectivity index (χ3n) is 4.08. The first kappa shape index (κ1) is 12.1. The molecule has 2 atom stereocenters. The molecule has 1 saturated heterocycles. The van der Waals surface area contributed by atoms with Crippen molar-refractivity contribution >= 4 is 34.8 Å². The number of rotatable bonds is 0. The molecule has 2 unspecified atom stereocenters. The summed E-state index contributed by atoms with van der Waals surface area (Å²) < 4.78 is 0. The molecule has 4 rings (SSSR count). The number of fused-ring (bicyclic) bond motifs is 4. The monoisotopic (exact) mass is 289 g/mol. The molecule has 3 aliphatic rings. The van der Waals surface area contributed by atoms with E-state index in [0.717, 1.165) is 19.4 Å². The second kappa shape index (κ2) is 4.14. The van der Waals surface area contributed by atoms with E-state index in [0.29, 0.717) is 16.3 Å². The van der Waals surface area contributed by atoms with Crippen LogP contribution in [-0.2, 0) is 4.79 Å². The number of piperidine rings is 1. The van der Waals surface area contributed by atoms with Crippen LogP contribution in [0.5, 0.6) is 0 Å². The van der Waals surface area contributed by atoms with Gasteiger partial charge in [-0.05, 0) is 37.6 Å². The lowest BCUT2D eigenvalue weighted by Gasteiger charge is -2.36. The quantitative estimate of drug-likeness (QED) is 0.789. The van der Waals surface area contributed by atoms with Crippen molar-refractivity contribution in [3.63, 3.8) is 0 Å². The van der Waals surface area contributed by atoms with Crippen molar-refractivity contribution in [3.8, 4) is 0 Å². The lowest BCUT2D eigenvalue weighted by atomic mass is 9.93. The number of hydrogen-bond donors (Lipinski definition) is 1. The van der Waals surface area contributed by atoms with Gasteiger partial charge in [0.15, 0.2) is 5.84 Å². The maximum Gasteiger partial charge on any atom is 0.239 e. The van der Waals surface area contributed by atoms with Gasteiger partial charge in [0.2, 0.25) is 11.7 Å². The summed E-state index contributed by atoms with van der Waals surface area (Å²) in [5, 5.41) is 3.70. The van der Waals surface area contributed by atoms with Crippen LogP contribution in [-0.4, -0.2) is 30.2 Å². The van der Waals surface area contributed by atoms with Crippen molar-refractivity contribution < 1.29 is 9.59 Å². The maximum absolute atomic E-state index is 12.7. The average molecular weight is 290 g/mol. The lowest BCUT2D eigenvalue weighted by Crippen LogP contribution is -2.55. The molecule has 0 aromatic heterocycles. The fourth-order valence-electron chi connectivity index (χ4n) is 3.12. The first-order valence-electron chi connectivity index (χ1n) is 6.66. The minimum Gasteiger partial charge on any atom is -0.295 e. The molecule has 102 valence electrons. The molecule has 5 nitrogen and oxygen atoms in total. The van der Waals surface area contributed by atoms with Gasteiger partial charge in [-0.1, -0.05) is 11.6 Å². The van der Waals surface area contributed by atoms with Gasteiger partial charge >= 0.3 is 0 Å². The molecule has 6 heteroatoms. The summed E-state index contributed by atoms with van der Waals surface area (Å²) in [7, 11) is 0. The van der Waals surface area contributed by atoms with E-state index in [1.54, 1.807) is 18.2 Å². The molecule has 1 aromatic carbocycles. The van der Waals surface area contributed by atoms with Crippen molar-refractivity contribution in [3.05, 3.63) is 28.8 Å². The molecule has 0 spiro atoms. The number of amides is 1. The Morgan fingerprint density at radius 3 is 3.05 bits per heavy atom. The highest BCUT2D eigenvalue weighted by atomic mass is 35.5. The van der Waals surface area contributed by atoms with Crippen LogP contribution in [0, 0.1) is 5.92 Å².